The van der Waals surface area contributed by atoms with Crippen LogP contribution in [0.25, 0.3) is 82.0 Å². The summed E-state index contributed by atoms with van der Waals surface area (Å²) in [6.07, 6.45) is 30.8. The van der Waals surface area contributed by atoms with Crippen molar-refractivity contribution in [1.29, 1.82) is 0 Å². The van der Waals surface area contributed by atoms with E-state index in [0.717, 1.165) is 157 Å². The second-order valence-electron chi connectivity index (χ2n) is 27.1. The van der Waals surface area contributed by atoms with Crippen molar-refractivity contribution in [3.8, 4) is 30.6 Å². The van der Waals surface area contributed by atoms with Crippen LogP contribution in [0.4, 0.5) is 8.78 Å². The fourth-order valence-electron chi connectivity index (χ4n) is 15.2. The second-order valence-corrected chi connectivity index (χ2v) is 33.3. The van der Waals surface area contributed by atoms with Crippen LogP contribution in [0.5, 0.6) is 0 Å². The van der Waals surface area contributed by atoms with Gasteiger partial charge in [-0.05, 0) is 169 Å². The number of unbranched alkanes of at least 4 members (excludes halogenated alkanes) is 5. The van der Waals surface area contributed by atoms with Crippen LogP contribution in [0.3, 0.4) is 0 Å². The van der Waals surface area contributed by atoms with Gasteiger partial charge in [-0.25, -0.2) is 8.78 Å². The standard InChI is InChI=1S/C78H103F2N3O2S6/c1-13-23-28-48(18-6)33-37-53-57-41-46(11)86-72(57)54(38-34-49(19-7)29-24-14-2)58-42-61(88-73(53)58)65-68(79)69(80)66(71-70(65)81-91-82-71)62-43-59-55(39-35-50(20-8)30-25-15-3)75-60(56(74(59)89-62)40-36-51(21-9)31-26-16-4)44-63(90-75)76-67-64(47(12)87-76)77(84)83(78(67)85)45-52(22-10)32-27-17-5/h41-44,48-52H,13-40,45H2,1-12H3. The molecule has 0 spiro atoms. The molecule has 0 radical (unpaired) electrons. The summed E-state index contributed by atoms with van der Waals surface area (Å²) in [4.78, 5) is 36.2. The molecule has 5 atom stereocenters. The van der Waals surface area contributed by atoms with Gasteiger partial charge in [0.1, 0.15) is 11.0 Å². The number of hydrogen-bond acceptors (Lipinski definition) is 10. The molecule has 5 unspecified atom stereocenters. The molecule has 0 fully saturated rings. The maximum absolute atomic E-state index is 18.3. The Morgan fingerprint density at radius 1 is 0.407 bits per heavy atom. The van der Waals surface area contributed by atoms with Gasteiger partial charge < -0.3 is 0 Å². The number of fused-ring (bicyclic) bond motifs is 6. The van der Waals surface area contributed by atoms with Crippen LogP contribution >= 0.6 is 68.4 Å². The molecule has 9 aromatic rings. The Hall–Kier alpha value is -3.98. The van der Waals surface area contributed by atoms with Crippen molar-refractivity contribution in [3.05, 3.63) is 79.0 Å². The van der Waals surface area contributed by atoms with E-state index in [1.807, 2.05) is 18.3 Å². The summed E-state index contributed by atoms with van der Waals surface area (Å²) >= 11 is 9.56. The van der Waals surface area contributed by atoms with Gasteiger partial charge in [0, 0.05) is 49.7 Å². The molecular weight excluding hydrogens is 1240 g/mol. The zero-order chi connectivity index (χ0) is 64.6. The van der Waals surface area contributed by atoms with Crippen LogP contribution in [-0.2, 0) is 25.7 Å². The smallest absolute Gasteiger partial charge is 0.263 e. The Bertz CT molecular complexity index is 3810. The number of aromatic nitrogens is 2. The summed E-state index contributed by atoms with van der Waals surface area (Å²) in [6.45, 7) is 27.5. The van der Waals surface area contributed by atoms with Gasteiger partial charge in [-0.2, -0.15) is 8.75 Å². The van der Waals surface area contributed by atoms with E-state index in [1.54, 1.807) is 50.2 Å². The summed E-state index contributed by atoms with van der Waals surface area (Å²) in [6, 6.07) is 9.15. The van der Waals surface area contributed by atoms with E-state index in [1.165, 1.54) is 122 Å². The number of carbonyl (C=O) groups excluding carboxylic acids is 2. The van der Waals surface area contributed by atoms with Gasteiger partial charge in [0.15, 0.2) is 11.6 Å². The molecule has 0 aliphatic carbocycles. The fraction of sp³-hybridized carbons (Fsp3) is 0.590. The maximum Gasteiger partial charge on any atom is 0.263 e. The zero-order valence-electron chi connectivity index (χ0n) is 57.1. The molecule has 7 heterocycles. The van der Waals surface area contributed by atoms with E-state index in [2.05, 4.69) is 100 Å². The molecule has 0 bridgehead atoms. The lowest BCUT2D eigenvalue weighted by atomic mass is 9.88. The average molecular weight is 1350 g/mol. The predicted molar refractivity (Wildman–Crippen MR) is 398 cm³/mol. The van der Waals surface area contributed by atoms with Gasteiger partial charge in [0.05, 0.1) is 38.9 Å². The van der Waals surface area contributed by atoms with Crippen molar-refractivity contribution in [2.75, 3.05) is 6.54 Å². The van der Waals surface area contributed by atoms with Crippen LogP contribution in [0.1, 0.15) is 276 Å². The zero-order valence-corrected chi connectivity index (χ0v) is 62.0. The topological polar surface area (TPSA) is 63.2 Å². The van der Waals surface area contributed by atoms with Crippen molar-refractivity contribution in [2.24, 2.45) is 29.6 Å². The van der Waals surface area contributed by atoms with Crippen LogP contribution in [0, 0.1) is 55.1 Å². The Morgan fingerprint density at radius 2 is 0.747 bits per heavy atom. The minimum atomic E-state index is -0.853. The summed E-state index contributed by atoms with van der Waals surface area (Å²) in [5.74, 6) is 0.651. The van der Waals surface area contributed by atoms with Crippen molar-refractivity contribution in [1.82, 2.24) is 13.6 Å². The fourth-order valence-corrected chi connectivity index (χ4v) is 22.0. The van der Waals surface area contributed by atoms with Gasteiger partial charge >= 0.3 is 0 Å². The highest BCUT2D eigenvalue weighted by Crippen LogP contribution is 2.54. The molecule has 3 aromatic carbocycles. The summed E-state index contributed by atoms with van der Waals surface area (Å²) in [7, 11) is 0. The predicted octanol–water partition coefficient (Wildman–Crippen LogP) is 26.9. The lowest BCUT2D eigenvalue weighted by Gasteiger charge is -2.21. The SMILES string of the molecule is CCCCC(CC)CCc1c2cc(-c3c(F)c(F)c(-c4cc5c(CCC(CC)CCCC)c6sc(-c7sc(C)c8c7C(=O)N(CC(CC)CCCC)C8=O)cc6c(CCC(CC)CCCC)c5s4)c4nsnc34)sc2c(CCC(CC)CCCC)c2cc(C)sc12. The molecule has 1 aliphatic rings. The Labute approximate surface area is 568 Å². The Kier molecular flexibility index (Phi) is 24.7. The molecule has 6 aromatic heterocycles. The molecule has 5 nitrogen and oxygen atoms in total. The quantitative estimate of drug-likeness (QED) is 0.0364. The Balaban J connectivity index is 1.15. The molecule has 91 heavy (non-hydrogen) atoms. The number of hydrogen-bond donors (Lipinski definition) is 0. The third-order valence-corrected chi connectivity index (χ3v) is 27.7. The van der Waals surface area contributed by atoms with Crippen LogP contribution in [0.15, 0.2) is 24.3 Å². The third kappa shape index (κ3) is 14.6. The molecular formula is C78H103F2N3O2S6. The van der Waals surface area contributed by atoms with Gasteiger partial charge in [-0.15, -0.1) is 56.7 Å². The monoisotopic (exact) mass is 1340 g/mol. The van der Waals surface area contributed by atoms with E-state index >= 15 is 8.78 Å². The van der Waals surface area contributed by atoms with E-state index in [4.69, 9.17) is 8.75 Å². The van der Waals surface area contributed by atoms with Crippen LogP contribution in [0.2, 0.25) is 0 Å². The molecule has 10 rings (SSSR count). The molecule has 1 aliphatic heterocycles. The number of thiophene rings is 5. The van der Waals surface area contributed by atoms with E-state index < -0.39 is 11.6 Å². The molecule has 492 valence electrons. The third-order valence-electron chi connectivity index (χ3n) is 21.1. The lowest BCUT2D eigenvalue weighted by Crippen LogP contribution is -2.34. The summed E-state index contributed by atoms with van der Waals surface area (Å²) < 4.78 is 51.3. The van der Waals surface area contributed by atoms with Gasteiger partial charge in [0.2, 0.25) is 0 Å². The van der Waals surface area contributed by atoms with E-state index in [9.17, 15) is 9.59 Å². The number of imide groups is 1. The van der Waals surface area contributed by atoms with Crippen LogP contribution < -0.4 is 0 Å². The number of halogens is 2. The van der Waals surface area contributed by atoms with Gasteiger partial charge in [-0.3, -0.25) is 14.5 Å². The van der Waals surface area contributed by atoms with E-state index in [-0.39, 0.29) is 28.9 Å². The van der Waals surface area contributed by atoms with Crippen molar-refractivity contribution in [3.63, 3.8) is 0 Å². The summed E-state index contributed by atoms with van der Waals surface area (Å²) in [5, 5.41) is 4.87. The average Bonchev–Trinajstić information content (AvgIpc) is 1.59. The van der Waals surface area contributed by atoms with Crippen molar-refractivity contribution in [2.45, 2.75) is 263 Å². The normalized spacial score (nSPS) is 14.7. The highest BCUT2D eigenvalue weighted by Gasteiger charge is 2.42. The molecule has 0 N–H and O–H groups in total. The first-order valence-corrected chi connectivity index (χ1v) is 40.6. The Morgan fingerprint density at radius 3 is 1.13 bits per heavy atom. The number of nitrogens with zero attached hydrogens (tertiary/aromatic N) is 3. The second kappa shape index (κ2) is 32.2. The first kappa shape index (κ1) is 69.8. The number of aryl methyl sites for hydroxylation is 6. The number of rotatable bonds is 37. The highest BCUT2D eigenvalue weighted by molar-refractivity contribution is 7.27. The number of carbonyl (C=O) groups is 2. The van der Waals surface area contributed by atoms with E-state index in [0.29, 0.717) is 57.3 Å². The van der Waals surface area contributed by atoms with Crippen LogP contribution in [-0.4, -0.2) is 32.0 Å². The number of amides is 2. The molecule has 2 amide bonds. The number of benzene rings is 3. The largest absolute Gasteiger partial charge is 0.274 e. The van der Waals surface area contributed by atoms with Gasteiger partial charge in [-0.1, -0.05) is 191 Å². The highest BCUT2D eigenvalue weighted by atomic mass is 32.1. The molecule has 0 saturated carbocycles. The minimum absolute atomic E-state index is 0.147. The molecule has 13 heteroatoms. The maximum atomic E-state index is 18.3. The lowest BCUT2D eigenvalue weighted by molar-refractivity contribution is 0.0624. The van der Waals surface area contributed by atoms with Crippen molar-refractivity contribution < 1.29 is 18.4 Å². The first-order valence-electron chi connectivity index (χ1n) is 35.8. The van der Waals surface area contributed by atoms with Gasteiger partial charge in [0.25, 0.3) is 11.8 Å². The molecule has 0 saturated heterocycles. The summed E-state index contributed by atoms with van der Waals surface area (Å²) in [5.41, 5.74) is 7.70. The minimum Gasteiger partial charge on any atom is -0.274 e. The first-order chi connectivity index (χ1) is 44.2. The van der Waals surface area contributed by atoms with Crippen molar-refractivity contribution >= 4 is 132 Å².